The molecule has 5 nitrogen and oxygen atoms in total. The number of nitrogens with two attached hydrogens (primary N) is 1. The van der Waals surface area contributed by atoms with Crippen LogP contribution in [-0.2, 0) is 13.6 Å². The number of aryl methyl sites for hydroxylation is 1. The Bertz CT molecular complexity index is 599. The standard InChI is InChI=1S/C15H21FN4O/c1-19(10-15-18-6-7-20(15)2)9-13(17)11-4-5-14(21-3)12(16)8-11/h4-8,13H,9-10,17H2,1-3H3. The number of nitrogens with zero attached hydrogens (tertiary/aromatic N) is 3. The highest BCUT2D eigenvalue weighted by Crippen LogP contribution is 2.21. The molecule has 2 N–H and O–H groups in total. The summed E-state index contributed by atoms with van der Waals surface area (Å²) < 4.78 is 20.6. The Morgan fingerprint density at radius 2 is 2.24 bits per heavy atom. The molecule has 0 bridgehead atoms. The lowest BCUT2D eigenvalue weighted by molar-refractivity contribution is 0.294. The van der Waals surface area contributed by atoms with Crippen LogP contribution in [-0.4, -0.2) is 35.2 Å². The summed E-state index contributed by atoms with van der Waals surface area (Å²) in [6.45, 7) is 1.30. The summed E-state index contributed by atoms with van der Waals surface area (Å²) in [4.78, 5) is 6.34. The normalized spacial score (nSPS) is 12.7. The molecule has 2 aromatic rings. The number of hydrogen-bond acceptors (Lipinski definition) is 4. The topological polar surface area (TPSA) is 56.3 Å². The fourth-order valence-corrected chi connectivity index (χ4v) is 2.21. The summed E-state index contributed by atoms with van der Waals surface area (Å²) in [7, 11) is 5.36. The van der Waals surface area contributed by atoms with Gasteiger partial charge >= 0.3 is 0 Å². The van der Waals surface area contributed by atoms with Gasteiger partial charge in [-0.1, -0.05) is 6.07 Å². The summed E-state index contributed by atoms with van der Waals surface area (Å²) in [5, 5.41) is 0. The van der Waals surface area contributed by atoms with Crippen LogP contribution in [0, 0.1) is 5.82 Å². The first kappa shape index (κ1) is 15.5. The van der Waals surface area contributed by atoms with E-state index in [0.717, 1.165) is 11.4 Å². The van der Waals surface area contributed by atoms with Gasteiger partial charge in [0.1, 0.15) is 5.82 Å². The lowest BCUT2D eigenvalue weighted by Gasteiger charge is -2.21. The Morgan fingerprint density at radius 1 is 1.48 bits per heavy atom. The molecule has 6 heteroatoms. The molecule has 1 unspecified atom stereocenters. The van der Waals surface area contributed by atoms with Crippen molar-refractivity contribution in [2.45, 2.75) is 12.6 Å². The van der Waals surface area contributed by atoms with Crippen molar-refractivity contribution in [2.24, 2.45) is 12.8 Å². The number of ether oxygens (including phenoxy) is 1. The zero-order valence-electron chi connectivity index (χ0n) is 12.6. The first-order valence-corrected chi connectivity index (χ1v) is 6.75. The van der Waals surface area contributed by atoms with Gasteiger partial charge in [0.25, 0.3) is 0 Å². The van der Waals surface area contributed by atoms with Gasteiger partial charge in [0, 0.05) is 32.0 Å². The molecule has 1 atom stereocenters. The van der Waals surface area contributed by atoms with Crippen LogP contribution in [0.25, 0.3) is 0 Å². The van der Waals surface area contributed by atoms with Crippen LogP contribution in [0.1, 0.15) is 17.4 Å². The molecular formula is C15H21FN4O. The van der Waals surface area contributed by atoms with Crippen LogP contribution in [0.3, 0.4) is 0 Å². The van der Waals surface area contributed by atoms with Gasteiger partial charge in [-0.3, -0.25) is 4.90 Å². The van der Waals surface area contributed by atoms with Crippen molar-refractivity contribution in [3.63, 3.8) is 0 Å². The smallest absolute Gasteiger partial charge is 0.165 e. The van der Waals surface area contributed by atoms with Crippen molar-refractivity contribution in [3.8, 4) is 5.75 Å². The minimum atomic E-state index is -0.391. The molecule has 21 heavy (non-hydrogen) atoms. The molecule has 0 fully saturated rings. The van der Waals surface area contributed by atoms with Crippen molar-refractivity contribution in [3.05, 3.63) is 47.8 Å². The predicted octanol–water partition coefficient (Wildman–Crippen LogP) is 1.70. The van der Waals surface area contributed by atoms with E-state index in [0.29, 0.717) is 13.1 Å². The number of rotatable bonds is 6. The zero-order chi connectivity index (χ0) is 15.4. The van der Waals surface area contributed by atoms with Gasteiger partial charge in [-0.25, -0.2) is 9.37 Å². The quantitative estimate of drug-likeness (QED) is 0.880. The van der Waals surface area contributed by atoms with Crippen LogP contribution in [0.2, 0.25) is 0 Å². The number of imidazole rings is 1. The largest absolute Gasteiger partial charge is 0.494 e. The maximum atomic E-state index is 13.7. The summed E-state index contributed by atoms with van der Waals surface area (Å²) >= 11 is 0. The fraction of sp³-hybridized carbons (Fsp3) is 0.400. The lowest BCUT2D eigenvalue weighted by atomic mass is 10.1. The summed E-state index contributed by atoms with van der Waals surface area (Å²) in [5.74, 6) is 0.801. The van der Waals surface area contributed by atoms with Gasteiger partial charge in [-0.2, -0.15) is 0 Å². The molecule has 0 saturated carbocycles. The van der Waals surface area contributed by atoms with E-state index in [9.17, 15) is 4.39 Å². The minimum Gasteiger partial charge on any atom is -0.494 e. The van der Waals surface area contributed by atoms with Crippen LogP contribution in [0.5, 0.6) is 5.75 Å². The van der Waals surface area contributed by atoms with Gasteiger partial charge in [0.15, 0.2) is 11.6 Å². The van der Waals surface area contributed by atoms with Gasteiger partial charge in [0.2, 0.25) is 0 Å². The van der Waals surface area contributed by atoms with Crippen molar-refractivity contribution >= 4 is 0 Å². The number of methoxy groups -OCH3 is 1. The Balaban J connectivity index is 1.99. The minimum absolute atomic E-state index is 0.229. The molecule has 1 aromatic heterocycles. The summed E-state index contributed by atoms with van der Waals surface area (Å²) in [6.07, 6.45) is 3.67. The van der Waals surface area contributed by atoms with E-state index in [1.165, 1.54) is 13.2 Å². The number of benzene rings is 1. The van der Waals surface area contributed by atoms with Gasteiger partial charge in [0.05, 0.1) is 13.7 Å². The van der Waals surface area contributed by atoms with Crippen LogP contribution >= 0.6 is 0 Å². The fourth-order valence-electron chi connectivity index (χ4n) is 2.21. The molecule has 1 heterocycles. The second-order valence-corrected chi connectivity index (χ2v) is 5.15. The average Bonchev–Trinajstić information content (AvgIpc) is 2.84. The van der Waals surface area contributed by atoms with Crippen molar-refractivity contribution in [1.29, 1.82) is 0 Å². The number of hydrogen-bond donors (Lipinski definition) is 1. The zero-order valence-corrected chi connectivity index (χ0v) is 12.6. The maximum absolute atomic E-state index is 13.7. The first-order valence-electron chi connectivity index (χ1n) is 6.75. The molecule has 0 saturated heterocycles. The maximum Gasteiger partial charge on any atom is 0.165 e. The third kappa shape index (κ3) is 3.80. The highest BCUT2D eigenvalue weighted by Gasteiger charge is 2.13. The van der Waals surface area contributed by atoms with Gasteiger partial charge in [-0.15, -0.1) is 0 Å². The molecule has 114 valence electrons. The second kappa shape index (κ2) is 6.69. The van der Waals surface area contributed by atoms with Crippen LogP contribution in [0.4, 0.5) is 4.39 Å². The van der Waals surface area contributed by atoms with E-state index in [1.807, 2.05) is 24.9 Å². The highest BCUT2D eigenvalue weighted by atomic mass is 19.1. The SMILES string of the molecule is COc1ccc(C(N)CN(C)Cc2nccn2C)cc1F. The third-order valence-electron chi connectivity index (χ3n) is 3.44. The van der Waals surface area contributed by atoms with Crippen molar-refractivity contribution in [1.82, 2.24) is 14.5 Å². The summed E-state index contributed by atoms with van der Waals surface area (Å²) in [5.41, 5.74) is 6.90. The average molecular weight is 292 g/mol. The van der Waals surface area contributed by atoms with E-state index in [-0.39, 0.29) is 11.8 Å². The first-order chi connectivity index (χ1) is 10.0. The molecule has 0 spiro atoms. The van der Waals surface area contributed by atoms with Crippen molar-refractivity contribution in [2.75, 3.05) is 20.7 Å². The van der Waals surface area contributed by atoms with E-state index in [4.69, 9.17) is 10.5 Å². The molecular weight excluding hydrogens is 271 g/mol. The second-order valence-electron chi connectivity index (χ2n) is 5.15. The molecule has 0 radical (unpaired) electrons. The van der Waals surface area contributed by atoms with Crippen LogP contribution in [0.15, 0.2) is 30.6 Å². The molecule has 0 aliphatic carbocycles. The third-order valence-corrected chi connectivity index (χ3v) is 3.44. The molecule has 0 aliphatic heterocycles. The Morgan fingerprint density at radius 3 is 2.81 bits per heavy atom. The van der Waals surface area contributed by atoms with E-state index < -0.39 is 5.82 Å². The Kier molecular flexibility index (Phi) is 4.93. The molecule has 2 rings (SSSR count). The van der Waals surface area contributed by atoms with Gasteiger partial charge in [-0.05, 0) is 24.7 Å². The summed E-state index contributed by atoms with van der Waals surface area (Å²) in [6, 6.07) is 4.55. The molecule has 0 amide bonds. The lowest BCUT2D eigenvalue weighted by Crippen LogP contribution is -2.29. The number of aromatic nitrogens is 2. The van der Waals surface area contributed by atoms with Crippen LogP contribution < -0.4 is 10.5 Å². The number of likely N-dealkylation sites (N-methyl/N-ethyl adjacent to an activating group) is 1. The highest BCUT2D eigenvalue weighted by molar-refractivity contribution is 5.31. The Labute approximate surface area is 124 Å². The number of halogens is 1. The molecule has 1 aromatic carbocycles. The monoisotopic (exact) mass is 292 g/mol. The Hall–Kier alpha value is -1.92. The van der Waals surface area contributed by atoms with E-state index >= 15 is 0 Å². The van der Waals surface area contributed by atoms with E-state index in [2.05, 4.69) is 9.88 Å². The van der Waals surface area contributed by atoms with Gasteiger partial charge < -0.3 is 15.0 Å². The van der Waals surface area contributed by atoms with Crippen molar-refractivity contribution < 1.29 is 9.13 Å². The van der Waals surface area contributed by atoms with E-state index in [1.54, 1.807) is 18.3 Å². The molecule has 0 aliphatic rings. The predicted molar refractivity (Wildman–Crippen MR) is 79.4 cm³/mol.